The highest BCUT2D eigenvalue weighted by Gasteiger charge is 2.19. The summed E-state index contributed by atoms with van der Waals surface area (Å²) in [6.45, 7) is 0. The first-order valence-corrected chi connectivity index (χ1v) is 7.35. The number of aromatic nitrogens is 5. The third kappa shape index (κ3) is 2.06. The Morgan fingerprint density at radius 1 is 1.09 bits per heavy atom. The Hall–Kier alpha value is -3.00. The largest absolute Gasteiger partial charge is 0.382 e. The smallest absolute Gasteiger partial charge is 0.282 e. The second-order valence-corrected chi connectivity index (χ2v) is 5.42. The highest BCUT2D eigenvalue weighted by Crippen LogP contribution is 2.27. The Morgan fingerprint density at radius 2 is 1.95 bits per heavy atom. The van der Waals surface area contributed by atoms with Crippen molar-refractivity contribution in [2.45, 2.75) is 0 Å². The van der Waals surface area contributed by atoms with E-state index in [-0.39, 0.29) is 5.89 Å². The average molecular weight is 310 g/mol. The molecule has 0 atom stereocenters. The number of nitrogen functional groups attached to an aromatic ring is 1. The highest BCUT2D eigenvalue weighted by atomic mass is 32.1. The molecule has 0 bridgehead atoms. The molecule has 4 aromatic rings. The lowest BCUT2D eigenvalue weighted by atomic mass is 10.3. The summed E-state index contributed by atoms with van der Waals surface area (Å²) in [7, 11) is 0. The lowest BCUT2D eigenvalue weighted by Crippen LogP contribution is -2.01. The fraction of sp³-hybridized carbons (Fsp3) is 0. The number of nitrogens with zero attached hydrogens (tertiary/aromatic N) is 5. The van der Waals surface area contributed by atoms with Crippen molar-refractivity contribution in [3.8, 4) is 28.0 Å². The van der Waals surface area contributed by atoms with Crippen LogP contribution in [0.25, 0.3) is 28.0 Å². The zero-order valence-corrected chi connectivity index (χ0v) is 12.1. The normalized spacial score (nSPS) is 10.9. The summed E-state index contributed by atoms with van der Waals surface area (Å²) in [5.74, 6) is 1.12. The third-order valence-electron chi connectivity index (χ3n) is 3.08. The van der Waals surface area contributed by atoms with Crippen LogP contribution in [0.3, 0.4) is 0 Å². The zero-order chi connectivity index (χ0) is 14.9. The number of thiophene rings is 1. The van der Waals surface area contributed by atoms with Gasteiger partial charge in [0.15, 0.2) is 11.5 Å². The van der Waals surface area contributed by atoms with E-state index in [0.717, 1.165) is 10.6 Å². The van der Waals surface area contributed by atoms with Crippen LogP contribution in [0.15, 0.2) is 52.4 Å². The van der Waals surface area contributed by atoms with Crippen molar-refractivity contribution >= 4 is 17.2 Å². The molecule has 0 unspecified atom stereocenters. The van der Waals surface area contributed by atoms with Crippen molar-refractivity contribution < 1.29 is 4.52 Å². The van der Waals surface area contributed by atoms with Gasteiger partial charge < -0.3 is 10.3 Å². The Morgan fingerprint density at radius 3 is 2.73 bits per heavy atom. The Balaban J connectivity index is 1.74. The van der Waals surface area contributed by atoms with E-state index in [2.05, 4.69) is 20.5 Å². The predicted octanol–water partition coefficient (Wildman–Crippen LogP) is 2.63. The second kappa shape index (κ2) is 5.08. The molecule has 0 fully saturated rings. The van der Waals surface area contributed by atoms with Crippen molar-refractivity contribution in [2.24, 2.45) is 0 Å². The van der Waals surface area contributed by atoms with Crippen LogP contribution >= 0.6 is 11.3 Å². The van der Waals surface area contributed by atoms with Gasteiger partial charge in [-0.05, 0) is 23.6 Å². The summed E-state index contributed by atoms with van der Waals surface area (Å²) in [5.41, 5.74) is 7.30. The summed E-state index contributed by atoms with van der Waals surface area (Å²) in [6.07, 6.45) is 0. The molecule has 0 spiro atoms. The van der Waals surface area contributed by atoms with Gasteiger partial charge in [0.05, 0.1) is 10.6 Å². The molecule has 0 aliphatic rings. The van der Waals surface area contributed by atoms with Gasteiger partial charge in [-0.3, -0.25) is 0 Å². The Kier molecular flexibility index (Phi) is 2.94. The van der Waals surface area contributed by atoms with E-state index in [1.165, 1.54) is 16.0 Å². The molecule has 1 aromatic carbocycles. The minimum atomic E-state index is 0.253. The first-order valence-electron chi connectivity index (χ1n) is 6.47. The number of hydrogen-bond donors (Lipinski definition) is 1. The van der Waals surface area contributed by atoms with Crippen LogP contribution in [-0.2, 0) is 0 Å². The molecule has 22 heavy (non-hydrogen) atoms. The molecule has 0 radical (unpaired) electrons. The van der Waals surface area contributed by atoms with Gasteiger partial charge >= 0.3 is 0 Å². The Bertz CT molecular complexity index is 897. The van der Waals surface area contributed by atoms with E-state index < -0.39 is 0 Å². The van der Waals surface area contributed by atoms with Gasteiger partial charge in [0.25, 0.3) is 5.89 Å². The van der Waals surface area contributed by atoms with Gasteiger partial charge in [-0.15, -0.1) is 16.4 Å². The van der Waals surface area contributed by atoms with E-state index in [1.807, 2.05) is 47.8 Å². The number of benzene rings is 1. The van der Waals surface area contributed by atoms with Crippen molar-refractivity contribution in [3.63, 3.8) is 0 Å². The fourth-order valence-corrected chi connectivity index (χ4v) is 2.68. The molecule has 108 valence electrons. The first kappa shape index (κ1) is 12.7. The zero-order valence-electron chi connectivity index (χ0n) is 11.2. The molecule has 2 N–H and O–H groups in total. The summed E-state index contributed by atoms with van der Waals surface area (Å²) < 4.78 is 6.79. The van der Waals surface area contributed by atoms with Crippen LogP contribution in [0.1, 0.15) is 0 Å². The van der Waals surface area contributed by atoms with E-state index in [0.29, 0.717) is 17.3 Å². The number of anilines is 1. The van der Waals surface area contributed by atoms with Gasteiger partial charge in [-0.1, -0.05) is 34.6 Å². The van der Waals surface area contributed by atoms with Gasteiger partial charge in [0.2, 0.25) is 5.82 Å². The molecule has 0 amide bonds. The number of nitrogens with two attached hydrogens (primary N) is 1. The van der Waals surface area contributed by atoms with Gasteiger partial charge in [0, 0.05) is 0 Å². The van der Waals surface area contributed by atoms with Crippen molar-refractivity contribution in [3.05, 3.63) is 47.8 Å². The predicted molar refractivity (Wildman–Crippen MR) is 82.4 cm³/mol. The molecular formula is C14H10N6OS. The lowest BCUT2D eigenvalue weighted by molar-refractivity contribution is 0.431. The second-order valence-electron chi connectivity index (χ2n) is 4.47. The maximum atomic E-state index is 6.11. The molecule has 7 nitrogen and oxygen atoms in total. The molecule has 0 saturated carbocycles. The maximum Gasteiger partial charge on any atom is 0.282 e. The van der Waals surface area contributed by atoms with E-state index in [4.69, 9.17) is 10.3 Å². The number of hydrogen-bond acceptors (Lipinski definition) is 7. The van der Waals surface area contributed by atoms with Crippen molar-refractivity contribution in [1.29, 1.82) is 0 Å². The van der Waals surface area contributed by atoms with E-state index in [9.17, 15) is 0 Å². The minimum absolute atomic E-state index is 0.253. The number of rotatable bonds is 3. The topological polar surface area (TPSA) is 95.7 Å². The first-order chi connectivity index (χ1) is 10.8. The van der Waals surface area contributed by atoms with Crippen LogP contribution in [0, 0.1) is 0 Å². The standard InChI is InChI=1S/C14H10N6OS/c15-12-11(17-19-20(12)9-5-2-1-3-6-9)14-16-13(18-21-14)10-7-4-8-22-10/h1-8H,15H2. The molecular weight excluding hydrogens is 300 g/mol. The summed E-state index contributed by atoms with van der Waals surface area (Å²) in [6, 6.07) is 13.3. The summed E-state index contributed by atoms with van der Waals surface area (Å²) >= 11 is 1.53. The maximum absolute atomic E-state index is 6.11. The van der Waals surface area contributed by atoms with Crippen LogP contribution in [0.4, 0.5) is 5.82 Å². The summed E-state index contributed by atoms with van der Waals surface area (Å²) in [4.78, 5) is 5.25. The molecule has 4 rings (SSSR count). The molecule has 0 aliphatic carbocycles. The minimum Gasteiger partial charge on any atom is -0.382 e. The van der Waals surface area contributed by atoms with Crippen molar-refractivity contribution in [1.82, 2.24) is 25.1 Å². The third-order valence-corrected chi connectivity index (χ3v) is 3.94. The van der Waals surface area contributed by atoms with Gasteiger partial charge in [0.1, 0.15) is 0 Å². The van der Waals surface area contributed by atoms with Crippen LogP contribution < -0.4 is 5.73 Å². The van der Waals surface area contributed by atoms with E-state index >= 15 is 0 Å². The van der Waals surface area contributed by atoms with Crippen LogP contribution in [-0.4, -0.2) is 25.1 Å². The van der Waals surface area contributed by atoms with Gasteiger partial charge in [-0.2, -0.15) is 9.67 Å². The van der Waals surface area contributed by atoms with Crippen LogP contribution in [0.2, 0.25) is 0 Å². The lowest BCUT2D eigenvalue weighted by Gasteiger charge is -2.01. The average Bonchev–Trinajstić information content (AvgIpc) is 3.28. The monoisotopic (exact) mass is 310 g/mol. The molecule has 3 heterocycles. The molecule has 3 aromatic heterocycles. The SMILES string of the molecule is Nc1c(-c2nc(-c3cccs3)no2)nnn1-c1ccccc1. The van der Waals surface area contributed by atoms with Crippen molar-refractivity contribution in [2.75, 3.05) is 5.73 Å². The van der Waals surface area contributed by atoms with Crippen LogP contribution in [0.5, 0.6) is 0 Å². The number of para-hydroxylation sites is 1. The molecule has 0 aliphatic heterocycles. The van der Waals surface area contributed by atoms with E-state index in [1.54, 1.807) is 0 Å². The molecule has 0 saturated heterocycles. The highest BCUT2D eigenvalue weighted by molar-refractivity contribution is 7.13. The van der Waals surface area contributed by atoms with Gasteiger partial charge in [-0.25, -0.2) is 0 Å². The quantitative estimate of drug-likeness (QED) is 0.625. The summed E-state index contributed by atoms with van der Waals surface area (Å²) in [5, 5.41) is 14.0. The fourth-order valence-electron chi connectivity index (χ4n) is 2.03. The Labute approximate surface area is 129 Å². The molecule has 8 heteroatoms.